The normalized spacial score (nSPS) is 12.2. The second-order valence-corrected chi connectivity index (χ2v) is 9.06. The molecule has 0 unspecified atom stereocenters. The molecule has 0 atom stereocenters. The standard InChI is InChI=1S/C18H17F3N4O2S2/c1-22-29(26,27)14-7-8-16(15(9-14)17-10-25(2)11-23-17)24-12-3-5-13(6-4-12)28-18(19,20)21/h3-11,22,24H,1-2H3. The molecular weight excluding hydrogens is 425 g/mol. The van der Waals surface area contributed by atoms with Crippen LogP contribution < -0.4 is 10.0 Å². The number of aryl methyl sites for hydroxylation is 1. The average Bonchev–Trinajstić information content (AvgIpc) is 3.08. The van der Waals surface area contributed by atoms with Gasteiger partial charge in [-0.15, -0.1) is 0 Å². The van der Waals surface area contributed by atoms with E-state index < -0.39 is 15.5 Å². The van der Waals surface area contributed by atoms with Gasteiger partial charge in [0.15, 0.2) is 0 Å². The molecule has 0 amide bonds. The van der Waals surface area contributed by atoms with Gasteiger partial charge in [0.05, 0.1) is 16.9 Å². The highest BCUT2D eigenvalue weighted by Gasteiger charge is 2.29. The Hall–Kier alpha value is -2.50. The van der Waals surface area contributed by atoms with Crippen molar-refractivity contribution in [3.63, 3.8) is 0 Å². The average molecular weight is 442 g/mol. The molecule has 154 valence electrons. The number of imidazole rings is 1. The minimum absolute atomic E-state index is 0.0723. The van der Waals surface area contributed by atoms with Gasteiger partial charge in [-0.1, -0.05) is 0 Å². The third-order valence-corrected chi connectivity index (χ3v) is 6.07. The van der Waals surface area contributed by atoms with Crippen LogP contribution in [0.2, 0.25) is 0 Å². The van der Waals surface area contributed by atoms with Crippen LogP contribution in [0.25, 0.3) is 11.3 Å². The minimum atomic E-state index is -4.35. The summed E-state index contributed by atoms with van der Waals surface area (Å²) in [6, 6.07) is 10.3. The minimum Gasteiger partial charge on any atom is -0.355 e. The molecule has 11 heteroatoms. The monoisotopic (exact) mass is 442 g/mol. The Morgan fingerprint density at radius 3 is 2.34 bits per heavy atom. The molecule has 0 aliphatic heterocycles. The summed E-state index contributed by atoms with van der Waals surface area (Å²) in [5, 5.41) is 3.11. The first-order valence-electron chi connectivity index (χ1n) is 8.26. The maximum Gasteiger partial charge on any atom is 0.446 e. The molecule has 2 aromatic carbocycles. The predicted octanol–water partition coefficient (Wildman–Crippen LogP) is 4.35. The molecule has 1 heterocycles. The second kappa shape index (κ2) is 8.09. The second-order valence-electron chi connectivity index (χ2n) is 6.04. The van der Waals surface area contributed by atoms with Crippen LogP contribution in [0.15, 0.2) is 64.8 Å². The molecule has 0 radical (unpaired) electrons. The van der Waals surface area contributed by atoms with E-state index in [-0.39, 0.29) is 21.6 Å². The van der Waals surface area contributed by atoms with Crippen molar-refractivity contribution in [1.29, 1.82) is 0 Å². The first kappa shape index (κ1) is 21.2. The smallest absolute Gasteiger partial charge is 0.355 e. The van der Waals surface area contributed by atoms with Crippen LogP contribution in [0, 0.1) is 0 Å². The van der Waals surface area contributed by atoms with Gasteiger partial charge in [0.2, 0.25) is 10.0 Å². The Kier molecular flexibility index (Phi) is 5.92. The van der Waals surface area contributed by atoms with Crippen LogP contribution in [0.3, 0.4) is 0 Å². The molecule has 0 aliphatic carbocycles. The highest BCUT2D eigenvalue weighted by molar-refractivity contribution is 8.00. The molecule has 0 spiro atoms. The molecule has 3 aromatic rings. The quantitative estimate of drug-likeness (QED) is 0.555. The lowest BCUT2D eigenvalue weighted by atomic mass is 10.1. The van der Waals surface area contributed by atoms with Crippen LogP contribution in [0.1, 0.15) is 0 Å². The number of nitrogens with one attached hydrogen (secondary N) is 2. The van der Waals surface area contributed by atoms with E-state index in [1.54, 1.807) is 30.2 Å². The number of hydrogen-bond donors (Lipinski definition) is 2. The largest absolute Gasteiger partial charge is 0.446 e. The van der Waals surface area contributed by atoms with Crippen molar-refractivity contribution in [3.8, 4) is 11.3 Å². The fourth-order valence-corrected chi connectivity index (χ4v) is 3.87. The van der Waals surface area contributed by atoms with Crippen LogP contribution in [0.4, 0.5) is 24.5 Å². The number of rotatable bonds is 6. The van der Waals surface area contributed by atoms with Crippen molar-refractivity contribution in [2.75, 3.05) is 12.4 Å². The van der Waals surface area contributed by atoms with Crippen molar-refractivity contribution in [3.05, 3.63) is 55.0 Å². The van der Waals surface area contributed by atoms with Crippen LogP contribution in [-0.2, 0) is 17.1 Å². The molecule has 3 rings (SSSR count). The van der Waals surface area contributed by atoms with Gasteiger partial charge in [-0.25, -0.2) is 18.1 Å². The number of aromatic nitrogens is 2. The van der Waals surface area contributed by atoms with E-state index in [0.29, 0.717) is 22.6 Å². The Bertz CT molecular complexity index is 1110. The van der Waals surface area contributed by atoms with E-state index >= 15 is 0 Å². The molecule has 0 saturated carbocycles. The lowest BCUT2D eigenvalue weighted by Gasteiger charge is -2.13. The van der Waals surface area contributed by atoms with Gasteiger partial charge in [-0.3, -0.25) is 0 Å². The first-order valence-corrected chi connectivity index (χ1v) is 10.6. The molecule has 0 saturated heterocycles. The van der Waals surface area contributed by atoms with Crippen molar-refractivity contribution in [2.24, 2.45) is 7.05 Å². The Morgan fingerprint density at radius 1 is 1.10 bits per heavy atom. The summed E-state index contributed by atoms with van der Waals surface area (Å²) in [5.74, 6) is 0. The number of sulfonamides is 1. The maximum atomic E-state index is 12.5. The van der Waals surface area contributed by atoms with Gasteiger partial charge in [0.25, 0.3) is 0 Å². The predicted molar refractivity (Wildman–Crippen MR) is 107 cm³/mol. The van der Waals surface area contributed by atoms with Crippen molar-refractivity contribution >= 4 is 33.2 Å². The summed E-state index contributed by atoms with van der Waals surface area (Å²) in [6.07, 6.45) is 3.32. The molecule has 2 N–H and O–H groups in total. The van der Waals surface area contributed by atoms with Gasteiger partial charge < -0.3 is 9.88 Å². The van der Waals surface area contributed by atoms with Crippen molar-refractivity contribution in [2.45, 2.75) is 15.3 Å². The zero-order valence-corrected chi connectivity index (χ0v) is 17.0. The lowest BCUT2D eigenvalue weighted by molar-refractivity contribution is -0.0328. The third-order valence-electron chi connectivity index (χ3n) is 3.92. The van der Waals surface area contributed by atoms with Gasteiger partial charge in [0.1, 0.15) is 0 Å². The number of nitrogens with zero attached hydrogens (tertiary/aromatic N) is 2. The van der Waals surface area contributed by atoms with Gasteiger partial charge in [-0.2, -0.15) is 13.2 Å². The third kappa shape index (κ3) is 5.31. The van der Waals surface area contributed by atoms with Gasteiger partial charge >= 0.3 is 5.51 Å². The summed E-state index contributed by atoms with van der Waals surface area (Å²) in [7, 11) is -0.548. The van der Waals surface area contributed by atoms with E-state index in [1.165, 1.54) is 43.4 Å². The number of anilines is 2. The molecule has 1 aromatic heterocycles. The summed E-state index contributed by atoms with van der Waals surface area (Å²) in [6.45, 7) is 0. The molecule has 0 bridgehead atoms. The van der Waals surface area contributed by atoms with Crippen molar-refractivity contribution < 1.29 is 21.6 Å². The molecule has 0 fully saturated rings. The van der Waals surface area contributed by atoms with Gasteiger partial charge in [-0.05, 0) is 61.3 Å². The molecule has 6 nitrogen and oxygen atoms in total. The maximum absolute atomic E-state index is 12.5. The van der Waals surface area contributed by atoms with Crippen LogP contribution >= 0.6 is 11.8 Å². The fourth-order valence-electron chi connectivity index (χ4n) is 2.58. The summed E-state index contributed by atoms with van der Waals surface area (Å²) >= 11 is -0.188. The number of halogens is 3. The number of alkyl halides is 3. The Balaban J connectivity index is 1.96. The highest BCUT2D eigenvalue weighted by Crippen LogP contribution is 2.38. The van der Waals surface area contributed by atoms with E-state index in [4.69, 9.17) is 0 Å². The van der Waals surface area contributed by atoms with E-state index in [1.807, 2.05) is 0 Å². The van der Waals surface area contributed by atoms with E-state index in [0.717, 1.165) is 0 Å². The Morgan fingerprint density at radius 2 is 1.79 bits per heavy atom. The molecule has 0 aliphatic rings. The topological polar surface area (TPSA) is 76.0 Å². The van der Waals surface area contributed by atoms with E-state index in [9.17, 15) is 21.6 Å². The lowest BCUT2D eigenvalue weighted by Crippen LogP contribution is -2.18. The van der Waals surface area contributed by atoms with Crippen LogP contribution in [0.5, 0.6) is 0 Å². The SMILES string of the molecule is CNS(=O)(=O)c1ccc(Nc2ccc(SC(F)(F)F)cc2)c(-c2cn(C)cn2)c1. The zero-order valence-electron chi connectivity index (χ0n) is 15.4. The zero-order chi connectivity index (χ0) is 21.2. The van der Waals surface area contributed by atoms with E-state index in [2.05, 4.69) is 15.0 Å². The Labute approximate surface area is 170 Å². The highest BCUT2D eigenvalue weighted by atomic mass is 32.2. The number of benzene rings is 2. The van der Waals surface area contributed by atoms with Crippen molar-refractivity contribution in [1.82, 2.24) is 14.3 Å². The van der Waals surface area contributed by atoms with Crippen LogP contribution in [-0.4, -0.2) is 30.5 Å². The summed E-state index contributed by atoms with van der Waals surface area (Å²) in [5.41, 5.74) is -2.15. The summed E-state index contributed by atoms with van der Waals surface area (Å²) in [4.78, 5) is 4.42. The fraction of sp³-hybridized carbons (Fsp3) is 0.167. The van der Waals surface area contributed by atoms with Gasteiger partial charge in [0, 0.05) is 35.1 Å². The number of hydrogen-bond acceptors (Lipinski definition) is 5. The number of thioether (sulfide) groups is 1. The summed E-state index contributed by atoms with van der Waals surface area (Å²) < 4.78 is 65.7. The molecule has 29 heavy (non-hydrogen) atoms. The molecular formula is C18H17F3N4O2S2. The first-order chi connectivity index (χ1) is 13.6.